The molecule has 3 N–H and O–H groups in total. The summed E-state index contributed by atoms with van der Waals surface area (Å²) in [4.78, 5) is 19.4. The van der Waals surface area contributed by atoms with Gasteiger partial charge in [-0.2, -0.15) is 0 Å². The molecular formula is C24H31N5O4S. The number of benzene rings is 1. The molecule has 3 aromatic rings. The highest BCUT2D eigenvalue weighted by atomic mass is 32.2. The molecule has 9 nitrogen and oxygen atoms in total. The lowest BCUT2D eigenvalue weighted by Gasteiger charge is -2.27. The average molecular weight is 486 g/mol. The molecule has 0 saturated carbocycles. The molecule has 3 heterocycles. The Hall–Kier alpha value is -3.11. The highest BCUT2D eigenvalue weighted by Gasteiger charge is 2.23. The number of aromatic amines is 1. The standard InChI is InChI=1S/C24H31N5O4S/c1-4-18(20-13-16(14-33-20)15(2)3)25-22-23(28-34(32)27-22)26-19-10-8-9-17(21(19)30)24(31)29-11-6-5-7-12-29/h8-10,13-15,18,30H,4-7,11-12H2,1-3H3,(H,25,27)(H,26,28)/t18-,34?/m1/s1. The molecule has 1 amide bonds. The Morgan fingerprint density at radius 2 is 2.12 bits per heavy atom. The number of H-pyrrole nitrogens is 1. The summed E-state index contributed by atoms with van der Waals surface area (Å²) in [5.41, 5.74) is 1.91. The molecule has 1 aliphatic heterocycles. The van der Waals surface area contributed by atoms with Crippen LogP contribution in [0.3, 0.4) is 0 Å². The van der Waals surface area contributed by atoms with Gasteiger partial charge in [0.1, 0.15) is 11.8 Å². The topological polar surface area (TPSA) is 130 Å². The Morgan fingerprint density at radius 1 is 1.35 bits per heavy atom. The summed E-state index contributed by atoms with van der Waals surface area (Å²) < 4.78 is 24.7. The van der Waals surface area contributed by atoms with Gasteiger partial charge in [0.2, 0.25) is 11.3 Å². The zero-order valence-corrected chi connectivity index (χ0v) is 20.5. The number of nitrogens with zero attached hydrogens (tertiary/aromatic N) is 3. The minimum Gasteiger partial charge on any atom is -0.548 e. The summed E-state index contributed by atoms with van der Waals surface area (Å²) in [6, 6.07) is 6.64. The van der Waals surface area contributed by atoms with Crippen LogP contribution in [0.1, 0.15) is 80.1 Å². The number of carbonyl (C=O) groups is 1. The molecule has 182 valence electrons. The van der Waals surface area contributed by atoms with Crippen molar-refractivity contribution in [2.45, 2.75) is 58.4 Å². The molecule has 10 heteroatoms. The normalized spacial score (nSPS) is 16.2. The van der Waals surface area contributed by atoms with Crippen LogP contribution in [0.4, 0.5) is 11.5 Å². The van der Waals surface area contributed by atoms with Crippen LogP contribution in [0, 0.1) is 0 Å². The second-order valence-electron chi connectivity index (χ2n) is 8.81. The van der Waals surface area contributed by atoms with Crippen molar-refractivity contribution >= 4 is 28.6 Å². The van der Waals surface area contributed by atoms with E-state index in [1.54, 1.807) is 29.4 Å². The number of phenolic OH excluding ortho intramolecular Hbond substituents is 1. The van der Waals surface area contributed by atoms with Gasteiger partial charge in [-0.3, -0.25) is 4.79 Å². The summed E-state index contributed by atoms with van der Waals surface area (Å²) in [6.07, 6.45) is 5.44. The van der Waals surface area contributed by atoms with E-state index in [1.165, 1.54) is 0 Å². The van der Waals surface area contributed by atoms with Gasteiger partial charge < -0.3 is 24.3 Å². The molecule has 0 spiro atoms. The summed E-state index contributed by atoms with van der Waals surface area (Å²) in [7, 11) is 0. The Kier molecular flexibility index (Phi) is 7.38. The molecule has 2 aromatic heterocycles. The first-order valence-corrected chi connectivity index (χ1v) is 12.8. The number of para-hydroxylation sites is 1. The number of piperidine rings is 1. The summed E-state index contributed by atoms with van der Waals surface area (Å²) in [5.74, 6) is 0.910. The third-order valence-corrected chi connectivity index (χ3v) is 6.77. The number of nitrogens with one attached hydrogen (secondary N) is 2. The van der Waals surface area contributed by atoms with E-state index < -0.39 is 11.1 Å². The van der Waals surface area contributed by atoms with Crippen LogP contribution in [0.15, 0.2) is 39.9 Å². The minimum absolute atomic E-state index is 0.169. The fourth-order valence-corrected chi connectivity index (χ4v) is 4.68. The van der Waals surface area contributed by atoms with E-state index >= 15 is 0 Å². The van der Waals surface area contributed by atoms with Gasteiger partial charge in [-0.1, -0.05) is 26.8 Å². The Bertz CT molecular complexity index is 1210. The number of anilines is 2. The van der Waals surface area contributed by atoms with Crippen molar-refractivity contribution in [2.75, 3.05) is 18.4 Å². The molecule has 2 atom stereocenters. The van der Waals surface area contributed by atoms with Crippen LogP contribution in [-0.4, -0.2) is 42.3 Å². The number of furan rings is 1. The Morgan fingerprint density at radius 3 is 2.79 bits per heavy atom. The number of amides is 1. The van der Waals surface area contributed by atoms with E-state index in [2.05, 4.69) is 27.9 Å². The lowest BCUT2D eigenvalue weighted by atomic mass is 10.1. The molecule has 0 radical (unpaired) electrons. The largest absolute Gasteiger partial charge is 0.548 e. The van der Waals surface area contributed by atoms with E-state index in [0.717, 1.165) is 30.6 Å². The molecule has 1 aromatic carbocycles. The number of aromatic nitrogens is 2. The monoisotopic (exact) mass is 485 g/mol. The average Bonchev–Trinajstić information content (AvgIpc) is 3.46. The number of hydrogen-bond acceptors (Lipinski definition) is 7. The van der Waals surface area contributed by atoms with Gasteiger partial charge >= 0.3 is 0 Å². The predicted octanol–water partition coefficient (Wildman–Crippen LogP) is 4.98. The van der Waals surface area contributed by atoms with Crippen LogP contribution >= 0.6 is 11.1 Å². The molecule has 0 aliphatic carbocycles. The minimum atomic E-state index is -1.70. The number of rotatable bonds is 7. The first-order valence-electron chi connectivity index (χ1n) is 11.7. The first kappa shape index (κ1) is 24.0. The van der Waals surface area contributed by atoms with Gasteiger partial charge in [0.05, 0.1) is 17.5 Å². The van der Waals surface area contributed by atoms with Crippen molar-refractivity contribution in [3.05, 3.63) is 52.9 Å². The summed E-state index contributed by atoms with van der Waals surface area (Å²) in [5, 5.41) is 13.9. The number of aromatic hydroxyl groups is 1. The van der Waals surface area contributed by atoms with Crippen molar-refractivity contribution in [3.63, 3.8) is 0 Å². The maximum absolute atomic E-state index is 12.9. The van der Waals surface area contributed by atoms with Gasteiger partial charge in [-0.15, -0.1) is 4.37 Å². The van der Waals surface area contributed by atoms with E-state index in [9.17, 15) is 14.5 Å². The molecule has 1 aliphatic rings. The molecule has 1 saturated heterocycles. The molecule has 1 fully saturated rings. The lowest BCUT2D eigenvalue weighted by Crippen LogP contribution is -2.35. The number of phenols is 1. The highest BCUT2D eigenvalue weighted by Crippen LogP contribution is 2.31. The van der Waals surface area contributed by atoms with Crippen molar-refractivity contribution in [3.8, 4) is 5.75 Å². The van der Waals surface area contributed by atoms with E-state index in [0.29, 0.717) is 36.6 Å². The van der Waals surface area contributed by atoms with E-state index in [-0.39, 0.29) is 29.1 Å². The van der Waals surface area contributed by atoms with Crippen LogP contribution in [0.25, 0.3) is 0 Å². The fraction of sp³-hybridized carbons (Fsp3) is 0.458. The van der Waals surface area contributed by atoms with Gasteiger partial charge in [0.25, 0.3) is 5.91 Å². The predicted molar refractivity (Wildman–Crippen MR) is 130 cm³/mol. The maximum atomic E-state index is 12.9. The van der Waals surface area contributed by atoms with Gasteiger partial charge in [0.15, 0.2) is 16.9 Å². The third kappa shape index (κ3) is 5.18. The Labute approximate surface area is 201 Å². The second-order valence-corrected chi connectivity index (χ2v) is 9.69. The van der Waals surface area contributed by atoms with Crippen molar-refractivity contribution in [1.82, 2.24) is 13.6 Å². The zero-order valence-electron chi connectivity index (χ0n) is 19.7. The third-order valence-electron chi connectivity index (χ3n) is 6.05. The van der Waals surface area contributed by atoms with Crippen LogP contribution in [0.2, 0.25) is 0 Å². The smallest absolute Gasteiger partial charge is 0.257 e. The van der Waals surface area contributed by atoms with Gasteiger partial charge in [-0.25, -0.2) is 4.99 Å². The van der Waals surface area contributed by atoms with Crippen LogP contribution in [-0.2, 0) is 0 Å². The number of carbonyl (C=O) groups excluding carboxylic acids is 1. The van der Waals surface area contributed by atoms with Crippen LogP contribution < -0.4 is 10.8 Å². The van der Waals surface area contributed by atoms with Gasteiger partial charge in [-0.05, 0) is 55.4 Å². The quantitative estimate of drug-likeness (QED) is 0.320. The van der Waals surface area contributed by atoms with Gasteiger partial charge in [0, 0.05) is 17.5 Å². The van der Waals surface area contributed by atoms with Crippen LogP contribution in [0.5, 0.6) is 5.75 Å². The lowest BCUT2D eigenvalue weighted by molar-refractivity contribution is 0.0721. The summed E-state index contributed by atoms with van der Waals surface area (Å²) in [6.45, 7) is 7.55. The summed E-state index contributed by atoms with van der Waals surface area (Å²) >= 11 is -1.70. The fourth-order valence-electron chi connectivity index (χ4n) is 4.02. The zero-order chi connectivity index (χ0) is 24.2. The Balaban J connectivity index is 1.62. The SMILES string of the molecule is CC[C@@H](N=c1[nH][s+]([O-])nc1Nc1cccc(C(=O)N2CCCCC2)c1O)c1cc(C(C)C)co1. The molecule has 34 heavy (non-hydrogen) atoms. The second kappa shape index (κ2) is 10.4. The van der Waals surface area contributed by atoms with E-state index in [4.69, 9.17) is 9.41 Å². The van der Waals surface area contributed by atoms with Crippen molar-refractivity contribution < 1.29 is 18.9 Å². The molecule has 1 unspecified atom stereocenters. The highest BCUT2D eigenvalue weighted by molar-refractivity contribution is 7.13. The van der Waals surface area contributed by atoms with E-state index in [1.807, 2.05) is 13.0 Å². The first-order chi connectivity index (χ1) is 16.4. The molecule has 0 bridgehead atoms. The number of likely N-dealkylation sites (tertiary alicyclic amines) is 1. The number of hydrogen-bond donors (Lipinski definition) is 3. The van der Waals surface area contributed by atoms with Crippen molar-refractivity contribution in [1.29, 1.82) is 0 Å². The maximum Gasteiger partial charge on any atom is 0.257 e. The van der Waals surface area contributed by atoms with Crippen molar-refractivity contribution in [2.24, 2.45) is 4.99 Å². The molecule has 4 rings (SSSR count). The molecular weight excluding hydrogens is 454 g/mol.